The molecule has 0 aliphatic heterocycles. The summed E-state index contributed by atoms with van der Waals surface area (Å²) in [7, 11) is 0. The number of benzene rings is 1. The predicted octanol–water partition coefficient (Wildman–Crippen LogP) is 4.63. The van der Waals surface area contributed by atoms with E-state index in [4.69, 9.17) is 11.6 Å². The second kappa shape index (κ2) is 8.81. The number of anilines is 2. The van der Waals surface area contributed by atoms with Gasteiger partial charge < -0.3 is 10.2 Å². The number of aryl methyl sites for hydroxylation is 2. The van der Waals surface area contributed by atoms with Gasteiger partial charge in [-0.05, 0) is 43.9 Å². The minimum absolute atomic E-state index is 0.271. The molecule has 0 radical (unpaired) electrons. The fourth-order valence-corrected chi connectivity index (χ4v) is 3.10. The average Bonchev–Trinajstić information content (AvgIpc) is 2.58. The largest absolute Gasteiger partial charge is 0.355 e. The first-order chi connectivity index (χ1) is 12.0. The van der Waals surface area contributed by atoms with Crippen LogP contribution >= 0.6 is 11.6 Å². The lowest BCUT2D eigenvalue weighted by Gasteiger charge is -2.22. The van der Waals surface area contributed by atoms with Gasteiger partial charge in [-0.2, -0.15) is 0 Å². The molecule has 0 aliphatic carbocycles. The fourth-order valence-electron chi connectivity index (χ4n) is 2.73. The molecule has 6 heteroatoms. The Morgan fingerprint density at radius 3 is 2.32 bits per heavy atom. The first kappa shape index (κ1) is 19.2. The van der Waals surface area contributed by atoms with Crippen molar-refractivity contribution < 1.29 is 4.79 Å². The molecule has 0 fully saturated rings. The molecule has 1 N–H and O–H groups in total. The van der Waals surface area contributed by atoms with Crippen LogP contribution < -0.4 is 10.2 Å². The van der Waals surface area contributed by atoms with E-state index in [0.717, 1.165) is 42.9 Å². The summed E-state index contributed by atoms with van der Waals surface area (Å²) < 4.78 is 0. The summed E-state index contributed by atoms with van der Waals surface area (Å²) in [6.45, 7) is 9.99. The van der Waals surface area contributed by atoms with E-state index in [1.54, 1.807) is 6.20 Å². The van der Waals surface area contributed by atoms with Crippen LogP contribution in [-0.2, 0) is 0 Å². The molecule has 0 unspecified atom stereocenters. The highest BCUT2D eigenvalue weighted by molar-refractivity contribution is 6.34. The van der Waals surface area contributed by atoms with Crippen molar-refractivity contribution in [1.82, 2.24) is 9.97 Å². The third kappa shape index (κ3) is 4.92. The van der Waals surface area contributed by atoms with Crippen LogP contribution in [-0.4, -0.2) is 29.0 Å². The van der Waals surface area contributed by atoms with Crippen molar-refractivity contribution in [3.8, 4) is 0 Å². The number of nitrogens with zero attached hydrogens (tertiary/aromatic N) is 3. The molecule has 1 heterocycles. The maximum atomic E-state index is 12.5. The summed E-state index contributed by atoms with van der Waals surface area (Å²) in [6, 6.07) is 3.80. The minimum Gasteiger partial charge on any atom is -0.355 e. The summed E-state index contributed by atoms with van der Waals surface area (Å²) in [6.07, 6.45) is 5.24. The number of carbonyl (C=O) groups excluding carboxylic acids is 1. The summed E-state index contributed by atoms with van der Waals surface area (Å²) >= 11 is 6.25. The number of rotatable bonds is 7. The van der Waals surface area contributed by atoms with E-state index in [-0.39, 0.29) is 11.6 Å². The van der Waals surface area contributed by atoms with Gasteiger partial charge >= 0.3 is 0 Å². The molecule has 2 rings (SSSR count). The van der Waals surface area contributed by atoms with Crippen molar-refractivity contribution in [1.29, 1.82) is 0 Å². The molecule has 134 valence electrons. The van der Waals surface area contributed by atoms with Gasteiger partial charge in [-0.3, -0.25) is 4.79 Å². The quantitative estimate of drug-likeness (QED) is 0.782. The number of halogens is 1. The fraction of sp³-hybridized carbons (Fsp3) is 0.421. The third-order valence-electron chi connectivity index (χ3n) is 3.85. The van der Waals surface area contributed by atoms with Crippen LogP contribution in [0.5, 0.6) is 0 Å². The van der Waals surface area contributed by atoms with Gasteiger partial charge in [0.15, 0.2) is 0 Å². The van der Waals surface area contributed by atoms with Crippen LogP contribution in [0.15, 0.2) is 24.5 Å². The summed E-state index contributed by atoms with van der Waals surface area (Å²) in [4.78, 5) is 23.3. The number of hydrogen-bond acceptors (Lipinski definition) is 4. The molecule has 1 aromatic heterocycles. The summed E-state index contributed by atoms with van der Waals surface area (Å²) in [5, 5.41) is 3.35. The summed E-state index contributed by atoms with van der Waals surface area (Å²) in [5.41, 5.74) is 2.85. The second-order valence-electron chi connectivity index (χ2n) is 6.14. The lowest BCUT2D eigenvalue weighted by Crippen LogP contribution is -2.26. The molecule has 0 saturated carbocycles. The van der Waals surface area contributed by atoms with Gasteiger partial charge in [0.2, 0.25) is 0 Å². The number of amides is 1. The molecular formula is C19H25ClN4O. The molecule has 2 aromatic rings. The Kier molecular flexibility index (Phi) is 6.76. The summed E-state index contributed by atoms with van der Waals surface area (Å²) in [5.74, 6) is 0.482. The van der Waals surface area contributed by atoms with E-state index >= 15 is 0 Å². The van der Waals surface area contributed by atoms with Gasteiger partial charge in [-0.1, -0.05) is 31.5 Å². The highest BCUT2D eigenvalue weighted by Gasteiger charge is 2.14. The van der Waals surface area contributed by atoms with Crippen molar-refractivity contribution in [3.05, 3.63) is 46.4 Å². The molecule has 0 saturated heterocycles. The predicted molar refractivity (Wildman–Crippen MR) is 104 cm³/mol. The topological polar surface area (TPSA) is 58.1 Å². The van der Waals surface area contributed by atoms with Gasteiger partial charge in [0, 0.05) is 13.1 Å². The highest BCUT2D eigenvalue weighted by atomic mass is 35.5. The van der Waals surface area contributed by atoms with Crippen molar-refractivity contribution in [2.75, 3.05) is 23.3 Å². The Bertz CT molecular complexity index is 702. The van der Waals surface area contributed by atoms with Gasteiger partial charge in [0.25, 0.3) is 5.91 Å². The lowest BCUT2D eigenvalue weighted by molar-refractivity contribution is 0.102. The second-order valence-corrected chi connectivity index (χ2v) is 6.55. The zero-order valence-corrected chi connectivity index (χ0v) is 16.0. The van der Waals surface area contributed by atoms with Crippen molar-refractivity contribution in [3.63, 3.8) is 0 Å². The van der Waals surface area contributed by atoms with E-state index in [9.17, 15) is 4.79 Å². The molecule has 0 aliphatic rings. The number of nitrogens with one attached hydrogen (secondary N) is 1. The maximum absolute atomic E-state index is 12.5. The molecule has 0 atom stereocenters. The van der Waals surface area contributed by atoms with Crippen LogP contribution in [0.1, 0.15) is 48.3 Å². The van der Waals surface area contributed by atoms with Crippen LogP contribution in [0.3, 0.4) is 0 Å². The molecule has 1 aromatic carbocycles. The Morgan fingerprint density at radius 2 is 1.80 bits per heavy atom. The van der Waals surface area contributed by atoms with E-state index in [1.807, 2.05) is 26.0 Å². The third-order valence-corrected chi connectivity index (χ3v) is 4.15. The first-order valence-corrected chi connectivity index (χ1v) is 8.99. The van der Waals surface area contributed by atoms with E-state index in [2.05, 4.69) is 34.0 Å². The number of carbonyl (C=O) groups is 1. The van der Waals surface area contributed by atoms with Crippen molar-refractivity contribution in [2.45, 2.75) is 40.5 Å². The Balaban J connectivity index is 2.15. The first-order valence-electron chi connectivity index (χ1n) is 8.61. The van der Waals surface area contributed by atoms with Gasteiger partial charge in [0.05, 0.1) is 23.1 Å². The Hall–Kier alpha value is -2.14. The zero-order chi connectivity index (χ0) is 18.4. The Labute approximate surface area is 154 Å². The molecule has 5 nitrogen and oxygen atoms in total. The van der Waals surface area contributed by atoms with E-state index in [0.29, 0.717) is 10.7 Å². The molecule has 0 bridgehead atoms. The monoisotopic (exact) mass is 360 g/mol. The number of aromatic nitrogens is 2. The number of hydrogen-bond donors (Lipinski definition) is 1. The Morgan fingerprint density at radius 1 is 1.12 bits per heavy atom. The van der Waals surface area contributed by atoms with Gasteiger partial charge in [-0.25, -0.2) is 9.97 Å². The van der Waals surface area contributed by atoms with E-state index < -0.39 is 0 Å². The van der Waals surface area contributed by atoms with Crippen LogP contribution in [0.4, 0.5) is 11.5 Å². The van der Waals surface area contributed by atoms with Crippen molar-refractivity contribution in [2.24, 2.45) is 0 Å². The van der Waals surface area contributed by atoms with Crippen LogP contribution in [0, 0.1) is 13.8 Å². The lowest BCUT2D eigenvalue weighted by atomic mass is 10.1. The smallest absolute Gasteiger partial charge is 0.275 e. The molecular weight excluding hydrogens is 336 g/mol. The normalized spacial score (nSPS) is 10.6. The SMILES string of the molecule is CCCN(CCC)c1cnc(C(=O)Nc2c(C)cc(C)cc2Cl)cn1. The highest BCUT2D eigenvalue weighted by Crippen LogP contribution is 2.27. The zero-order valence-electron chi connectivity index (χ0n) is 15.3. The van der Waals surface area contributed by atoms with Crippen molar-refractivity contribution >= 4 is 29.0 Å². The van der Waals surface area contributed by atoms with Crippen LogP contribution in [0.2, 0.25) is 5.02 Å². The maximum Gasteiger partial charge on any atom is 0.275 e. The standard InChI is InChI=1S/C19H25ClN4O/c1-5-7-24(8-6-2)17-12-21-16(11-22-17)19(25)23-18-14(4)9-13(3)10-15(18)20/h9-12H,5-8H2,1-4H3,(H,23,25). The average molecular weight is 361 g/mol. The van der Waals surface area contributed by atoms with Crippen LogP contribution in [0.25, 0.3) is 0 Å². The van der Waals surface area contributed by atoms with Gasteiger partial charge in [-0.15, -0.1) is 0 Å². The van der Waals surface area contributed by atoms with Gasteiger partial charge in [0.1, 0.15) is 11.5 Å². The molecule has 0 spiro atoms. The molecule has 25 heavy (non-hydrogen) atoms. The molecule has 1 amide bonds. The van der Waals surface area contributed by atoms with E-state index in [1.165, 1.54) is 6.20 Å². The minimum atomic E-state index is -0.314.